The Balaban J connectivity index is 1.75. The molecule has 1 fully saturated rings. The van der Waals surface area contributed by atoms with Crippen LogP contribution in [0.5, 0.6) is 0 Å². The molecule has 18 heavy (non-hydrogen) atoms. The summed E-state index contributed by atoms with van der Waals surface area (Å²) in [6.07, 6.45) is 3.56. The molecule has 1 aliphatic rings. The number of halogens is 1. The number of hydrogen-bond donors (Lipinski definition) is 1. The summed E-state index contributed by atoms with van der Waals surface area (Å²) in [5.74, 6) is -0.236. The molecule has 0 spiro atoms. The quantitative estimate of drug-likeness (QED) is 0.924. The second-order valence-corrected chi connectivity index (χ2v) is 5.67. The van der Waals surface area contributed by atoms with Gasteiger partial charge in [0.15, 0.2) is 5.13 Å². The van der Waals surface area contributed by atoms with Crippen LogP contribution in [0.2, 0.25) is 0 Å². The van der Waals surface area contributed by atoms with Gasteiger partial charge in [-0.2, -0.15) is 0 Å². The van der Waals surface area contributed by atoms with E-state index >= 15 is 0 Å². The van der Waals surface area contributed by atoms with Crippen molar-refractivity contribution in [2.75, 3.05) is 12.4 Å². The van der Waals surface area contributed by atoms with Crippen LogP contribution in [0.15, 0.2) is 18.2 Å². The number of hydrogen-bond acceptors (Lipinski definition) is 4. The minimum Gasteiger partial charge on any atom is -0.381 e. The van der Waals surface area contributed by atoms with Gasteiger partial charge in [-0.3, -0.25) is 0 Å². The number of nitrogens with one attached hydrogen (secondary N) is 1. The van der Waals surface area contributed by atoms with Crippen molar-refractivity contribution in [1.29, 1.82) is 0 Å². The van der Waals surface area contributed by atoms with Crippen molar-refractivity contribution in [1.82, 2.24) is 4.98 Å². The topological polar surface area (TPSA) is 34.1 Å². The number of anilines is 1. The van der Waals surface area contributed by atoms with Gasteiger partial charge in [0, 0.05) is 19.2 Å². The van der Waals surface area contributed by atoms with Crippen molar-refractivity contribution >= 4 is 26.7 Å². The maximum absolute atomic E-state index is 13.1. The lowest BCUT2D eigenvalue weighted by molar-refractivity contribution is 0.108. The summed E-state index contributed by atoms with van der Waals surface area (Å²) < 4.78 is 19.4. The molecular weight excluding hydrogens is 251 g/mol. The first kappa shape index (κ1) is 11.9. The normalized spacial score (nSPS) is 23.7. The second kappa shape index (κ2) is 4.82. The van der Waals surface area contributed by atoms with Crippen molar-refractivity contribution in [2.24, 2.45) is 0 Å². The van der Waals surface area contributed by atoms with E-state index in [9.17, 15) is 4.39 Å². The first-order valence-electron chi connectivity index (χ1n) is 6.10. The molecule has 0 radical (unpaired) electrons. The zero-order chi connectivity index (χ0) is 12.5. The van der Waals surface area contributed by atoms with Gasteiger partial charge < -0.3 is 10.1 Å². The SMILES string of the molecule is COC1CCC(Nc2nc3cc(F)ccc3s2)C1. The molecule has 0 amide bonds. The van der Waals surface area contributed by atoms with Gasteiger partial charge in [-0.1, -0.05) is 11.3 Å². The van der Waals surface area contributed by atoms with Crippen molar-refractivity contribution in [2.45, 2.75) is 31.4 Å². The molecule has 1 heterocycles. The average molecular weight is 266 g/mol. The number of nitrogens with zero attached hydrogens (tertiary/aromatic N) is 1. The number of methoxy groups -OCH3 is 1. The zero-order valence-corrected chi connectivity index (χ0v) is 11.0. The van der Waals surface area contributed by atoms with E-state index in [-0.39, 0.29) is 5.82 Å². The second-order valence-electron chi connectivity index (χ2n) is 4.64. The van der Waals surface area contributed by atoms with Gasteiger partial charge in [-0.05, 0) is 31.4 Å². The van der Waals surface area contributed by atoms with Crippen LogP contribution in [-0.4, -0.2) is 24.2 Å². The van der Waals surface area contributed by atoms with E-state index in [0.29, 0.717) is 12.1 Å². The average Bonchev–Trinajstić information content (AvgIpc) is 2.95. The van der Waals surface area contributed by atoms with Crippen molar-refractivity contribution in [3.63, 3.8) is 0 Å². The van der Waals surface area contributed by atoms with Gasteiger partial charge >= 0.3 is 0 Å². The number of ether oxygens (including phenoxy) is 1. The minimum atomic E-state index is -0.236. The van der Waals surface area contributed by atoms with E-state index in [4.69, 9.17) is 4.74 Å². The van der Waals surface area contributed by atoms with Gasteiger partial charge in [-0.15, -0.1) is 0 Å². The lowest BCUT2D eigenvalue weighted by Crippen LogP contribution is -2.16. The first-order valence-corrected chi connectivity index (χ1v) is 6.91. The highest BCUT2D eigenvalue weighted by Gasteiger charge is 2.24. The molecule has 0 bridgehead atoms. The Morgan fingerprint density at radius 1 is 1.44 bits per heavy atom. The fraction of sp³-hybridized carbons (Fsp3) is 0.462. The molecule has 3 rings (SSSR count). The summed E-state index contributed by atoms with van der Waals surface area (Å²) in [6.45, 7) is 0. The first-order chi connectivity index (χ1) is 8.74. The van der Waals surface area contributed by atoms with Crippen LogP contribution in [0.4, 0.5) is 9.52 Å². The maximum atomic E-state index is 13.1. The van der Waals surface area contributed by atoms with Crippen LogP contribution in [-0.2, 0) is 4.74 Å². The lowest BCUT2D eigenvalue weighted by Gasteiger charge is -2.11. The number of fused-ring (bicyclic) bond motifs is 1. The summed E-state index contributed by atoms with van der Waals surface area (Å²) in [5, 5.41) is 4.29. The van der Waals surface area contributed by atoms with E-state index in [0.717, 1.165) is 34.6 Å². The van der Waals surface area contributed by atoms with Crippen LogP contribution in [0.3, 0.4) is 0 Å². The predicted molar refractivity (Wildman–Crippen MR) is 71.6 cm³/mol. The molecule has 0 saturated heterocycles. The third kappa shape index (κ3) is 2.33. The molecule has 1 aromatic heterocycles. The van der Waals surface area contributed by atoms with Crippen LogP contribution in [0.25, 0.3) is 10.2 Å². The molecule has 2 aromatic rings. The summed E-state index contributed by atoms with van der Waals surface area (Å²) in [6, 6.07) is 5.14. The van der Waals surface area contributed by atoms with Crippen LogP contribution < -0.4 is 5.32 Å². The van der Waals surface area contributed by atoms with Gasteiger partial charge in [0.25, 0.3) is 0 Å². The van der Waals surface area contributed by atoms with E-state index in [1.54, 1.807) is 24.5 Å². The highest BCUT2D eigenvalue weighted by Crippen LogP contribution is 2.30. The molecule has 2 atom stereocenters. The molecule has 2 unspecified atom stereocenters. The number of benzene rings is 1. The Kier molecular flexibility index (Phi) is 3.18. The summed E-state index contributed by atoms with van der Waals surface area (Å²) in [7, 11) is 1.76. The van der Waals surface area contributed by atoms with Gasteiger partial charge in [0.05, 0.1) is 16.3 Å². The molecular formula is C13H15FN2OS. The van der Waals surface area contributed by atoms with E-state index in [1.807, 2.05) is 0 Å². The summed E-state index contributed by atoms with van der Waals surface area (Å²) in [5.41, 5.74) is 0.726. The largest absolute Gasteiger partial charge is 0.381 e. The number of rotatable bonds is 3. The van der Waals surface area contributed by atoms with E-state index in [1.165, 1.54) is 12.1 Å². The fourth-order valence-corrected chi connectivity index (χ4v) is 3.35. The van der Waals surface area contributed by atoms with Crippen LogP contribution in [0.1, 0.15) is 19.3 Å². The van der Waals surface area contributed by atoms with Crippen LogP contribution >= 0.6 is 11.3 Å². The Morgan fingerprint density at radius 2 is 2.33 bits per heavy atom. The maximum Gasteiger partial charge on any atom is 0.184 e. The van der Waals surface area contributed by atoms with Gasteiger partial charge in [-0.25, -0.2) is 9.37 Å². The summed E-state index contributed by atoms with van der Waals surface area (Å²) in [4.78, 5) is 4.41. The van der Waals surface area contributed by atoms with Crippen molar-refractivity contribution < 1.29 is 9.13 Å². The highest BCUT2D eigenvalue weighted by atomic mass is 32.1. The standard InChI is InChI=1S/C13H15FN2OS/c1-17-10-4-3-9(7-10)15-13-16-11-6-8(14)2-5-12(11)18-13/h2,5-6,9-10H,3-4,7H2,1H3,(H,15,16). The molecule has 1 N–H and O–H groups in total. The van der Waals surface area contributed by atoms with Crippen molar-refractivity contribution in [3.05, 3.63) is 24.0 Å². The molecule has 3 nitrogen and oxygen atoms in total. The van der Waals surface area contributed by atoms with E-state index < -0.39 is 0 Å². The molecule has 1 aliphatic carbocycles. The van der Waals surface area contributed by atoms with Crippen LogP contribution in [0, 0.1) is 5.82 Å². The zero-order valence-electron chi connectivity index (χ0n) is 10.1. The Morgan fingerprint density at radius 3 is 3.11 bits per heavy atom. The number of thiazole rings is 1. The third-order valence-corrected chi connectivity index (χ3v) is 4.36. The van der Waals surface area contributed by atoms with Gasteiger partial charge in [0.2, 0.25) is 0 Å². The monoisotopic (exact) mass is 266 g/mol. The fourth-order valence-electron chi connectivity index (χ4n) is 2.42. The van der Waals surface area contributed by atoms with E-state index in [2.05, 4.69) is 10.3 Å². The minimum absolute atomic E-state index is 0.236. The Labute approximate surface area is 109 Å². The smallest absolute Gasteiger partial charge is 0.184 e. The van der Waals surface area contributed by atoms with Gasteiger partial charge in [0.1, 0.15) is 5.82 Å². The molecule has 96 valence electrons. The Bertz CT molecular complexity index is 557. The molecule has 5 heteroatoms. The number of aromatic nitrogens is 1. The predicted octanol–water partition coefficient (Wildman–Crippen LogP) is 3.41. The molecule has 1 saturated carbocycles. The molecule has 0 aliphatic heterocycles. The summed E-state index contributed by atoms with van der Waals surface area (Å²) >= 11 is 1.57. The lowest BCUT2D eigenvalue weighted by atomic mass is 10.2. The third-order valence-electron chi connectivity index (χ3n) is 3.40. The Hall–Kier alpha value is -1.20. The highest BCUT2D eigenvalue weighted by molar-refractivity contribution is 7.22. The molecule has 1 aromatic carbocycles. The van der Waals surface area contributed by atoms with Crippen molar-refractivity contribution in [3.8, 4) is 0 Å².